The Bertz CT molecular complexity index is 418. The molecule has 0 spiro atoms. The average molecular weight is 270 g/mol. The molecule has 0 heterocycles. The maximum atomic E-state index is 11.1. The van der Waals surface area contributed by atoms with Crippen LogP contribution < -0.4 is 5.32 Å². The number of carbonyl (C=O) groups is 1. The SMILES string of the molecule is Cc1cc(CN[C@@H](CC(C)C)C(=O)O)ccc1Cl. The van der Waals surface area contributed by atoms with E-state index in [1.807, 2.05) is 39.0 Å². The van der Waals surface area contributed by atoms with Crippen molar-refractivity contribution in [2.75, 3.05) is 0 Å². The van der Waals surface area contributed by atoms with Gasteiger partial charge >= 0.3 is 5.97 Å². The van der Waals surface area contributed by atoms with Gasteiger partial charge in [0.1, 0.15) is 6.04 Å². The summed E-state index contributed by atoms with van der Waals surface area (Å²) in [6.07, 6.45) is 0.627. The fourth-order valence-electron chi connectivity index (χ4n) is 1.80. The van der Waals surface area contributed by atoms with Crippen LogP contribution in [0.4, 0.5) is 0 Å². The molecule has 0 bridgehead atoms. The highest BCUT2D eigenvalue weighted by molar-refractivity contribution is 6.31. The van der Waals surface area contributed by atoms with E-state index in [1.54, 1.807) is 0 Å². The molecule has 1 rings (SSSR count). The predicted molar refractivity (Wildman–Crippen MR) is 73.9 cm³/mol. The van der Waals surface area contributed by atoms with Crippen LogP contribution in [-0.2, 0) is 11.3 Å². The zero-order chi connectivity index (χ0) is 13.7. The minimum atomic E-state index is -0.797. The zero-order valence-corrected chi connectivity index (χ0v) is 11.8. The second-order valence-corrected chi connectivity index (χ2v) is 5.39. The molecule has 100 valence electrons. The molecule has 18 heavy (non-hydrogen) atoms. The van der Waals surface area contributed by atoms with Crippen molar-refractivity contribution >= 4 is 17.6 Å². The number of rotatable bonds is 6. The summed E-state index contributed by atoms with van der Waals surface area (Å²) in [5.41, 5.74) is 2.05. The van der Waals surface area contributed by atoms with Gasteiger partial charge in [0.2, 0.25) is 0 Å². The molecule has 0 aliphatic heterocycles. The normalized spacial score (nSPS) is 12.7. The van der Waals surface area contributed by atoms with Crippen LogP contribution in [0.2, 0.25) is 5.02 Å². The molecule has 3 nitrogen and oxygen atoms in total. The van der Waals surface area contributed by atoms with Crippen LogP contribution >= 0.6 is 11.6 Å². The number of nitrogens with one attached hydrogen (secondary N) is 1. The molecule has 0 fully saturated rings. The quantitative estimate of drug-likeness (QED) is 0.834. The smallest absolute Gasteiger partial charge is 0.320 e. The fourth-order valence-corrected chi connectivity index (χ4v) is 1.92. The highest BCUT2D eigenvalue weighted by Gasteiger charge is 2.17. The Morgan fingerprint density at radius 2 is 2.11 bits per heavy atom. The van der Waals surface area contributed by atoms with Crippen LogP contribution in [0.3, 0.4) is 0 Å². The summed E-state index contributed by atoms with van der Waals surface area (Å²) in [6, 6.07) is 5.23. The summed E-state index contributed by atoms with van der Waals surface area (Å²) in [7, 11) is 0. The van der Waals surface area contributed by atoms with Crippen molar-refractivity contribution in [3.63, 3.8) is 0 Å². The first-order chi connectivity index (χ1) is 8.40. The molecule has 0 aliphatic rings. The molecule has 4 heteroatoms. The van der Waals surface area contributed by atoms with Gasteiger partial charge < -0.3 is 10.4 Å². The minimum absolute atomic E-state index is 0.352. The van der Waals surface area contributed by atoms with Crippen LogP contribution in [0, 0.1) is 12.8 Å². The van der Waals surface area contributed by atoms with Gasteiger partial charge in [-0.05, 0) is 36.5 Å². The van der Waals surface area contributed by atoms with Gasteiger partial charge in [0.25, 0.3) is 0 Å². The second-order valence-electron chi connectivity index (χ2n) is 4.98. The van der Waals surface area contributed by atoms with E-state index >= 15 is 0 Å². The van der Waals surface area contributed by atoms with Crippen molar-refractivity contribution in [2.45, 2.75) is 39.8 Å². The first-order valence-electron chi connectivity index (χ1n) is 6.11. The standard InChI is InChI=1S/C14H20ClNO2/c1-9(2)6-13(14(17)18)16-8-11-4-5-12(15)10(3)7-11/h4-5,7,9,13,16H,6,8H2,1-3H3,(H,17,18)/t13-/m0/s1. The molecule has 0 radical (unpaired) electrons. The summed E-state index contributed by atoms with van der Waals surface area (Å²) in [5.74, 6) is -0.445. The molecule has 0 amide bonds. The largest absolute Gasteiger partial charge is 0.480 e. The number of aliphatic carboxylic acids is 1. The lowest BCUT2D eigenvalue weighted by Gasteiger charge is -2.16. The van der Waals surface area contributed by atoms with Gasteiger partial charge in [-0.15, -0.1) is 0 Å². The first-order valence-corrected chi connectivity index (χ1v) is 6.49. The van der Waals surface area contributed by atoms with Gasteiger partial charge in [-0.25, -0.2) is 0 Å². The van der Waals surface area contributed by atoms with Crippen LogP contribution in [0.15, 0.2) is 18.2 Å². The minimum Gasteiger partial charge on any atom is -0.480 e. The first kappa shape index (κ1) is 15.0. The highest BCUT2D eigenvalue weighted by Crippen LogP contribution is 2.16. The molecule has 0 aliphatic carbocycles. The number of aryl methyl sites for hydroxylation is 1. The Morgan fingerprint density at radius 3 is 2.61 bits per heavy atom. The number of hydrogen-bond acceptors (Lipinski definition) is 2. The average Bonchev–Trinajstić information content (AvgIpc) is 2.28. The van der Waals surface area contributed by atoms with Crippen molar-refractivity contribution in [3.8, 4) is 0 Å². The predicted octanol–water partition coefficient (Wildman–Crippen LogP) is 3.24. The van der Waals surface area contributed by atoms with E-state index in [9.17, 15) is 4.79 Å². The number of halogens is 1. The van der Waals surface area contributed by atoms with E-state index in [-0.39, 0.29) is 0 Å². The van der Waals surface area contributed by atoms with Crippen LogP contribution in [-0.4, -0.2) is 17.1 Å². The number of carboxylic acid groups (broad SMARTS) is 1. The van der Waals surface area contributed by atoms with E-state index in [0.717, 1.165) is 16.1 Å². The molecule has 0 saturated heterocycles. The van der Waals surface area contributed by atoms with Gasteiger partial charge in [-0.3, -0.25) is 4.79 Å². The maximum Gasteiger partial charge on any atom is 0.320 e. The molecular formula is C14H20ClNO2. The molecule has 1 aromatic rings. The summed E-state index contributed by atoms with van der Waals surface area (Å²) >= 11 is 5.95. The van der Waals surface area contributed by atoms with Gasteiger partial charge in [0.05, 0.1) is 0 Å². The third kappa shape index (κ3) is 4.67. The van der Waals surface area contributed by atoms with E-state index < -0.39 is 12.0 Å². The van der Waals surface area contributed by atoms with Crippen LogP contribution in [0.25, 0.3) is 0 Å². The van der Waals surface area contributed by atoms with Crippen molar-refractivity contribution in [3.05, 3.63) is 34.3 Å². The monoisotopic (exact) mass is 269 g/mol. The third-order valence-corrected chi connectivity index (χ3v) is 3.20. The summed E-state index contributed by atoms with van der Waals surface area (Å²) in [4.78, 5) is 11.1. The van der Waals surface area contributed by atoms with E-state index in [4.69, 9.17) is 16.7 Å². The Balaban J connectivity index is 2.61. The Hall–Kier alpha value is -1.06. The summed E-state index contributed by atoms with van der Waals surface area (Å²) < 4.78 is 0. The zero-order valence-electron chi connectivity index (χ0n) is 11.0. The number of hydrogen-bond donors (Lipinski definition) is 2. The van der Waals surface area contributed by atoms with Gasteiger partial charge in [0.15, 0.2) is 0 Å². The Morgan fingerprint density at radius 1 is 1.44 bits per heavy atom. The topological polar surface area (TPSA) is 49.3 Å². The van der Waals surface area contributed by atoms with Crippen LogP contribution in [0.5, 0.6) is 0 Å². The maximum absolute atomic E-state index is 11.1. The van der Waals surface area contributed by atoms with Crippen LogP contribution in [0.1, 0.15) is 31.4 Å². The van der Waals surface area contributed by atoms with E-state index in [2.05, 4.69) is 5.32 Å². The van der Waals surface area contributed by atoms with Crippen molar-refractivity contribution in [2.24, 2.45) is 5.92 Å². The lowest BCUT2D eigenvalue weighted by molar-refractivity contribution is -0.140. The van der Waals surface area contributed by atoms with E-state index in [0.29, 0.717) is 18.9 Å². The Kier molecular flexibility index (Phi) is 5.63. The lowest BCUT2D eigenvalue weighted by Crippen LogP contribution is -2.37. The number of benzene rings is 1. The lowest BCUT2D eigenvalue weighted by atomic mass is 10.0. The second kappa shape index (κ2) is 6.76. The number of carboxylic acids is 1. The molecule has 0 saturated carbocycles. The Labute approximate surface area is 113 Å². The molecule has 0 aromatic heterocycles. The van der Waals surface area contributed by atoms with Gasteiger partial charge in [0, 0.05) is 11.6 Å². The van der Waals surface area contributed by atoms with Crippen molar-refractivity contribution in [1.82, 2.24) is 5.32 Å². The highest BCUT2D eigenvalue weighted by atomic mass is 35.5. The van der Waals surface area contributed by atoms with Gasteiger partial charge in [-0.2, -0.15) is 0 Å². The molecule has 1 aromatic carbocycles. The molecule has 0 unspecified atom stereocenters. The molecule has 2 N–H and O–H groups in total. The molecular weight excluding hydrogens is 250 g/mol. The van der Waals surface area contributed by atoms with Gasteiger partial charge in [-0.1, -0.05) is 37.6 Å². The summed E-state index contributed by atoms with van der Waals surface area (Å²) in [6.45, 7) is 6.52. The van der Waals surface area contributed by atoms with Crippen molar-refractivity contribution < 1.29 is 9.90 Å². The third-order valence-electron chi connectivity index (χ3n) is 2.78. The van der Waals surface area contributed by atoms with Crippen molar-refractivity contribution in [1.29, 1.82) is 0 Å². The van der Waals surface area contributed by atoms with E-state index in [1.165, 1.54) is 0 Å². The molecule has 1 atom stereocenters. The fraction of sp³-hybridized carbons (Fsp3) is 0.500. The summed E-state index contributed by atoms with van der Waals surface area (Å²) in [5, 5.41) is 12.9.